The van der Waals surface area contributed by atoms with E-state index in [0.29, 0.717) is 35.3 Å². The zero-order valence-corrected chi connectivity index (χ0v) is 18.3. The van der Waals surface area contributed by atoms with E-state index in [2.05, 4.69) is 22.1 Å². The molecule has 0 atom stereocenters. The third-order valence-electron chi connectivity index (χ3n) is 6.01. The number of methoxy groups -OCH3 is 1. The van der Waals surface area contributed by atoms with Crippen LogP contribution in [0.2, 0.25) is 0 Å². The van der Waals surface area contributed by atoms with Crippen molar-refractivity contribution in [3.63, 3.8) is 0 Å². The van der Waals surface area contributed by atoms with E-state index in [0.717, 1.165) is 18.8 Å². The van der Waals surface area contributed by atoms with Gasteiger partial charge in [0.25, 0.3) is 11.5 Å². The maximum atomic E-state index is 13.6. The van der Waals surface area contributed by atoms with Crippen LogP contribution < -0.4 is 15.2 Å². The van der Waals surface area contributed by atoms with Crippen molar-refractivity contribution in [2.45, 2.75) is 0 Å². The van der Waals surface area contributed by atoms with E-state index < -0.39 is 0 Å². The van der Waals surface area contributed by atoms with Crippen LogP contribution >= 0.6 is 0 Å². The number of para-hydroxylation sites is 1. The summed E-state index contributed by atoms with van der Waals surface area (Å²) in [7, 11) is 1.59. The lowest BCUT2D eigenvalue weighted by atomic mass is 10.1. The van der Waals surface area contributed by atoms with Crippen molar-refractivity contribution in [2.75, 3.05) is 38.2 Å². The summed E-state index contributed by atoms with van der Waals surface area (Å²) in [5.74, 6) is 0.515. The molecule has 4 aromatic rings. The molecule has 0 aliphatic carbocycles. The number of hydrogen-bond donors (Lipinski definition) is 0. The highest BCUT2D eigenvalue weighted by Crippen LogP contribution is 2.21. The number of carbonyl (C=O) groups is 1. The van der Waals surface area contributed by atoms with Crippen LogP contribution in [0.5, 0.6) is 5.75 Å². The topological polar surface area (TPSA) is 67.7 Å². The Morgan fingerprint density at radius 1 is 0.788 bits per heavy atom. The standard InChI is InChI=1S/C26H24N4O3/c1-33-21-13-11-20(12-14-21)30-25(31)23-10-6-5-9-22(23)24(27-30)26(32)29-17-15-28(16-18-29)19-7-3-2-4-8-19/h2-14H,15-18H2,1H3. The first-order valence-corrected chi connectivity index (χ1v) is 10.9. The fraction of sp³-hybridized carbons (Fsp3) is 0.192. The molecule has 7 nitrogen and oxygen atoms in total. The average molecular weight is 441 g/mol. The van der Waals surface area contributed by atoms with Gasteiger partial charge >= 0.3 is 0 Å². The molecule has 1 amide bonds. The number of amides is 1. The maximum Gasteiger partial charge on any atom is 0.279 e. The zero-order valence-electron chi connectivity index (χ0n) is 18.3. The number of aromatic nitrogens is 2. The Labute approximate surface area is 191 Å². The number of benzene rings is 3. The van der Waals surface area contributed by atoms with Crippen molar-refractivity contribution >= 4 is 22.4 Å². The summed E-state index contributed by atoms with van der Waals surface area (Å²) in [5.41, 5.74) is 1.76. The summed E-state index contributed by atoms with van der Waals surface area (Å²) in [5, 5.41) is 5.58. The van der Waals surface area contributed by atoms with Crippen LogP contribution in [0, 0.1) is 0 Å². The molecule has 1 aliphatic rings. The Morgan fingerprint density at radius 3 is 2.09 bits per heavy atom. The van der Waals surface area contributed by atoms with Gasteiger partial charge in [0.05, 0.1) is 18.2 Å². The highest BCUT2D eigenvalue weighted by atomic mass is 16.5. The molecule has 0 N–H and O–H groups in total. The summed E-state index contributed by atoms with van der Waals surface area (Å²) < 4.78 is 6.52. The molecule has 166 valence electrons. The molecule has 0 radical (unpaired) electrons. The zero-order chi connectivity index (χ0) is 22.8. The maximum absolute atomic E-state index is 13.6. The first kappa shape index (κ1) is 20.8. The van der Waals surface area contributed by atoms with Gasteiger partial charge in [-0.1, -0.05) is 36.4 Å². The summed E-state index contributed by atoms with van der Waals surface area (Å²) in [6.07, 6.45) is 0. The first-order valence-electron chi connectivity index (χ1n) is 10.9. The van der Waals surface area contributed by atoms with Crippen molar-refractivity contribution in [1.82, 2.24) is 14.7 Å². The van der Waals surface area contributed by atoms with Crippen LogP contribution in [0.3, 0.4) is 0 Å². The molecule has 1 fully saturated rings. The predicted octanol–water partition coefficient (Wildman–Crippen LogP) is 3.36. The monoisotopic (exact) mass is 440 g/mol. The van der Waals surface area contributed by atoms with Gasteiger partial charge in [0, 0.05) is 37.3 Å². The number of piperazine rings is 1. The van der Waals surface area contributed by atoms with E-state index in [1.54, 1.807) is 49.6 Å². The van der Waals surface area contributed by atoms with Gasteiger partial charge in [-0.2, -0.15) is 9.78 Å². The minimum absolute atomic E-state index is 0.166. The lowest BCUT2D eigenvalue weighted by Crippen LogP contribution is -2.49. The summed E-state index contributed by atoms with van der Waals surface area (Å²) >= 11 is 0. The largest absolute Gasteiger partial charge is 0.497 e. The Kier molecular flexibility index (Phi) is 5.52. The molecule has 7 heteroatoms. The van der Waals surface area contributed by atoms with Gasteiger partial charge in [-0.3, -0.25) is 9.59 Å². The van der Waals surface area contributed by atoms with Gasteiger partial charge in [0.1, 0.15) is 5.75 Å². The molecule has 0 unspecified atom stereocenters. The van der Waals surface area contributed by atoms with Gasteiger partial charge in [-0.05, 0) is 42.5 Å². The quantitative estimate of drug-likeness (QED) is 0.487. The van der Waals surface area contributed by atoms with Crippen LogP contribution in [0.1, 0.15) is 10.5 Å². The number of fused-ring (bicyclic) bond motifs is 1. The van der Waals surface area contributed by atoms with Crippen LogP contribution in [0.15, 0.2) is 83.7 Å². The van der Waals surface area contributed by atoms with Gasteiger partial charge in [-0.25, -0.2) is 0 Å². The molecule has 0 spiro atoms. The van der Waals surface area contributed by atoms with Gasteiger partial charge in [-0.15, -0.1) is 0 Å². The van der Waals surface area contributed by atoms with Crippen molar-refractivity contribution < 1.29 is 9.53 Å². The Hall–Kier alpha value is -4.13. The van der Waals surface area contributed by atoms with Crippen molar-refractivity contribution in [3.05, 3.63) is 94.9 Å². The number of ether oxygens (including phenoxy) is 1. The first-order chi connectivity index (χ1) is 16.2. The molecular weight excluding hydrogens is 416 g/mol. The molecule has 2 heterocycles. The Bertz CT molecular complexity index is 1340. The van der Waals surface area contributed by atoms with Gasteiger partial charge < -0.3 is 14.5 Å². The van der Waals surface area contributed by atoms with E-state index in [4.69, 9.17) is 4.74 Å². The van der Waals surface area contributed by atoms with E-state index in [1.807, 2.05) is 29.2 Å². The minimum Gasteiger partial charge on any atom is -0.497 e. The third kappa shape index (κ3) is 3.93. The second-order valence-corrected chi connectivity index (χ2v) is 7.92. The van der Waals surface area contributed by atoms with E-state index in [1.165, 1.54) is 4.68 Å². The van der Waals surface area contributed by atoms with Crippen LogP contribution in [-0.4, -0.2) is 53.9 Å². The van der Waals surface area contributed by atoms with Gasteiger partial charge in [0.15, 0.2) is 5.69 Å². The number of nitrogens with zero attached hydrogens (tertiary/aromatic N) is 4. The normalized spacial score (nSPS) is 13.8. The fourth-order valence-electron chi connectivity index (χ4n) is 4.20. The average Bonchev–Trinajstić information content (AvgIpc) is 2.89. The summed E-state index contributed by atoms with van der Waals surface area (Å²) in [6.45, 7) is 2.66. The lowest BCUT2D eigenvalue weighted by molar-refractivity contribution is 0.0741. The second-order valence-electron chi connectivity index (χ2n) is 7.92. The van der Waals surface area contributed by atoms with E-state index >= 15 is 0 Å². The molecular formula is C26H24N4O3. The molecule has 0 bridgehead atoms. The van der Waals surface area contributed by atoms with Crippen molar-refractivity contribution in [3.8, 4) is 11.4 Å². The molecule has 0 saturated carbocycles. The SMILES string of the molecule is COc1ccc(-n2nc(C(=O)N3CCN(c4ccccc4)CC3)c3ccccc3c2=O)cc1. The minimum atomic E-state index is -0.263. The third-order valence-corrected chi connectivity index (χ3v) is 6.01. The van der Waals surface area contributed by atoms with Crippen molar-refractivity contribution in [2.24, 2.45) is 0 Å². The Balaban J connectivity index is 1.49. The Morgan fingerprint density at radius 2 is 1.42 bits per heavy atom. The van der Waals surface area contributed by atoms with Crippen molar-refractivity contribution in [1.29, 1.82) is 0 Å². The molecule has 1 aromatic heterocycles. The van der Waals surface area contributed by atoms with E-state index in [9.17, 15) is 9.59 Å². The predicted molar refractivity (Wildman–Crippen MR) is 128 cm³/mol. The molecule has 1 saturated heterocycles. The second kappa shape index (κ2) is 8.78. The summed E-state index contributed by atoms with van der Waals surface area (Å²) in [4.78, 5) is 30.8. The molecule has 3 aromatic carbocycles. The fourth-order valence-corrected chi connectivity index (χ4v) is 4.20. The van der Waals surface area contributed by atoms with E-state index in [-0.39, 0.29) is 17.2 Å². The molecule has 33 heavy (non-hydrogen) atoms. The molecule has 1 aliphatic heterocycles. The van der Waals surface area contributed by atoms with Crippen LogP contribution in [-0.2, 0) is 0 Å². The highest BCUT2D eigenvalue weighted by molar-refractivity contribution is 6.05. The number of carbonyl (C=O) groups excluding carboxylic acids is 1. The van der Waals surface area contributed by atoms with Crippen LogP contribution in [0.4, 0.5) is 5.69 Å². The lowest BCUT2D eigenvalue weighted by Gasteiger charge is -2.36. The highest BCUT2D eigenvalue weighted by Gasteiger charge is 2.26. The van der Waals surface area contributed by atoms with Gasteiger partial charge in [0.2, 0.25) is 0 Å². The number of hydrogen-bond acceptors (Lipinski definition) is 5. The number of rotatable bonds is 4. The molecule has 5 rings (SSSR count). The number of anilines is 1. The smallest absolute Gasteiger partial charge is 0.279 e. The van der Waals surface area contributed by atoms with Crippen LogP contribution in [0.25, 0.3) is 16.5 Å². The summed E-state index contributed by atoms with van der Waals surface area (Å²) in [6, 6.07) is 24.4.